The van der Waals surface area contributed by atoms with Gasteiger partial charge in [0, 0.05) is 6.04 Å². The van der Waals surface area contributed by atoms with Gasteiger partial charge in [0.2, 0.25) is 0 Å². The van der Waals surface area contributed by atoms with E-state index in [1.165, 1.54) is 32.6 Å². The molecule has 1 aliphatic carbocycles. The lowest BCUT2D eigenvalue weighted by Gasteiger charge is -2.32. The van der Waals surface area contributed by atoms with Crippen molar-refractivity contribution in [2.45, 2.75) is 58.3 Å². The van der Waals surface area contributed by atoms with E-state index in [1.54, 1.807) is 18.2 Å². The van der Waals surface area contributed by atoms with Crippen LogP contribution in [0.1, 0.15) is 39.5 Å². The molecule has 0 spiro atoms. The summed E-state index contributed by atoms with van der Waals surface area (Å²) in [5, 5.41) is 9.45. The molecule has 25 heavy (non-hydrogen) atoms. The maximum Gasteiger partial charge on any atom is 0.387 e. The molecule has 0 amide bonds. The molecule has 1 aromatic carbocycles. The van der Waals surface area contributed by atoms with Gasteiger partial charge >= 0.3 is 6.61 Å². The molecular formula is C19H31F2NO3. The van der Waals surface area contributed by atoms with Gasteiger partial charge in [-0.05, 0) is 57.3 Å². The van der Waals surface area contributed by atoms with Crippen molar-refractivity contribution in [3.8, 4) is 11.5 Å². The summed E-state index contributed by atoms with van der Waals surface area (Å²) in [5.74, 6) is 1.25. The molecule has 2 fully saturated rings. The summed E-state index contributed by atoms with van der Waals surface area (Å²) >= 11 is 0. The average Bonchev–Trinajstić information content (AvgIpc) is 2.98. The van der Waals surface area contributed by atoms with Crippen LogP contribution in [-0.4, -0.2) is 49.5 Å². The third kappa shape index (κ3) is 6.78. The molecule has 3 atom stereocenters. The number of ether oxygens (including phenoxy) is 2. The molecule has 3 rings (SSSR count). The first-order valence-electron chi connectivity index (χ1n) is 8.97. The van der Waals surface area contributed by atoms with E-state index in [1.807, 2.05) is 13.8 Å². The fraction of sp³-hybridized carbons (Fsp3) is 0.684. The van der Waals surface area contributed by atoms with Gasteiger partial charge in [0.05, 0.1) is 13.2 Å². The Balaban J connectivity index is 0.000000228. The highest BCUT2D eigenvalue weighted by molar-refractivity contribution is 5.39. The van der Waals surface area contributed by atoms with Crippen LogP contribution in [0.3, 0.4) is 0 Å². The van der Waals surface area contributed by atoms with Crippen LogP contribution in [0.5, 0.6) is 11.5 Å². The van der Waals surface area contributed by atoms with Gasteiger partial charge in [-0.3, -0.25) is 0 Å². The van der Waals surface area contributed by atoms with Crippen LogP contribution in [-0.2, 0) is 0 Å². The van der Waals surface area contributed by atoms with E-state index in [0.29, 0.717) is 11.8 Å². The summed E-state index contributed by atoms with van der Waals surface area (Å²) < 4.78 is 32.5. The van der Waals surface area contributed by atoms with E-state index in [9.17, 15) is 13.9 Å². The molecule has 6 heteroatoms. The predicted molar refractivity (Wildman–Crippen MR) is 95.4 cm³/mol. The Morgan fingerprint density at radius 2 is 1.76 bits per heavy atom. The Labute approximate surface area is 149 Å². The number of fused-ring (bicyclic) bond motifs is 1. The van der Waals surface area contributed by atoms with Crippen LogP contribution in [0.4, 0.5) is 8.78 Å². The first-order chi connectivity index (χ1) is 12.0. The third-order valence-electron chi connectivity index (χ3n) is 4.63. The Morgan fingerprint density at radius 1 is 1.12 bits per heavy atom. The number of likely N-dealkylation sites (tertiary alicyclic amines) is 1. The zero-order valence-electron chi connectivity index (χ0n) is 15.6. The molecular weight excluding hydrogens is 328 g/mol. The molecule has 1 aliphatic heterocycles. The van der Waals surface area contributed by atoms with Crippen LogP contribution >= 0.6 is 0 Å². The van der Waals surface area contributed by atoms with Gasteiger partial charge in [0.15, 0.2) is 11.5 Å². The topological polar surface area (TPSA) is 41.9 Å². The van der Waals surface area contributed by atoms with Crippen LogP contribution in [0.15, 0.2) is 24.3 Å². The Hall–Kier alpha value is -1.40. The van der Waals surface area contributed by atoms with Crippen LogP contribution in [0.25, 0.3) is 0 Å². The monoisotopic (exact) mass is 359 g/mol. The second kappa shape index (κ2) is 11.3. The highest BCUT2D eigenvalue weighted by Gasteiger charge is 2.36. The van der Waals surface area contributed by atoms with Gasteiger partial charge in [0.25, 0.3) is 0 Å². The number of benzene rings is 1. The molecule has 2 aliphatic rings. The van der Waals surface area contributed by atoms with Gasteiger partial charge in [-0.25, -0.2) is 0 Å². The van der Waals surface area contributed by atoms with E-state index in [-0.39, 0.29) is 11.9 Å². The van der Waals surface area contributed by atoms with E-state index in [2.05, 4.69) is 16.7 Å². The number of methoxy groups -OCH3 is 1. The molecule has 144 valence electrons. The number of aliphatic hydroxyl groups is 1. The lowest BCUT2D eigenvalue weighted by Crippen LogP contribution is -2.36. The van der Waals surface area contributed by atoms with Crippen molar-refractivity contribution in [1.29, 1.82) is 0 Å². The van der Waals surface area contributed by atoms with Crippen molar-refractivity contribution >= 4 is 0 Å². The molecule has 1 saturated carbocycles. The zero-order chi connectivity index (χ0) is 18.8. The van der Waals surface area contributed by atoms with Gasteiger partial charge in [-0.15, -0.1) is 0 Å². The zero-order valence-corrected chi connectivity index (χ0v) is 15.6. The van der Waals surface area contributed by atoms with E-state index in [0.717, 1.165) is 18.8 Å². The van der Waals surface area contributed by atoms with Crippen molar-refractivity contribution in [3.63, 3.8) is 0 Å². The summed E-state index contributed by atoms with van der Waals surface area (Å²) in [7, 11) is 3.58. The summed E-state index contributed by atoms with van der Waals surface area (Å²) in [5.41, 5.74) is 0. The number of halogens is 2. The number of hydrogen-bond acceptors (Lipinski definition) is 4. The van der Waals surface area contributed by atoms with Gasteiger partial charge < -0.3 is 19.5 Å². The summed E-state index contributed by atoms with van der Waals surface area (Å²) in [6.45, 7) is 2.42. The molecule has 1 aromatic rings. The largest absolute Gasteiger partial charge is 0.493 e. The van der Waals surface area contributed by atoms with E-state index >= 15 is 0 Å². The predicted octanol–water partition coefficient (Wildman–Crippen LogP) is 4.17. The van der Waals surface area contributed by atoms with E-state index < -0.39 is 6.61 Å². The van der Waals surface area contributed by atoms with Crippen LogP contribution in [0, 0.1) is 5.92 Å². The van der Waals surface area contributed by atoms with Gasteiger partial charge in [0.1, 0.15) is 0 Å². The maximum atomic E-state index is 11.8. The first kappa shape index (κ1) is 21.6. The smallest absolute Gasteiger partial charge is 0.387 e. The lowest BCUT2D eigenvalue weighted by molar-refractivity contribution is -0.0512. The van der Waals surface area contributed by atoms with Crippen molar-refractivity contribution in [2.24, 2.45) is 5.92 Å². The minimum Gasteiger partial charge on any atom is -0.493 e. The minimum absolute atomic E-state index is 0.0169. The Morgan fingerprint density at radius 3 is 2.36 bits per heavy atom. The van der Waals surface area contributed by atoms with E-state index in [4.69, 9.17) is 4.74 Å². The van der Waals surface area contributed by atoms with Crippen molar-refractivity contribution < 1.29 is 23.4 Å². The van der Waals surface area contributed by atoms with Crippen LogP contribution in [0.2, 0.25) is 0 Å². The molecule has 0 radical (unpaired) electrons. The van der Waals surface area contributed by atoms with Gasteiger partial charge in [-0.1, -0.05) is 26.0 Å². The van der Waals surface area contributed by atoms with Crippen LogP contribution < -0.4 is 9.47 Å². The number of rotatable bonds is 3. The fourth-order valence-electron chi connectivity index (χ4n) is 3.41. The average molecular weight is 359 g/mol. The normalized spacial score (nSPS) is 25.2. The van der Waals surface area contributed by atoms with Gasteiger partial charge in [-0.2, -0.15) is 8.78 Å². The molecule has 0 aromatic heterocycles. The number of nitrogens with zero attached hydrogens (tertiary/aromatic N) is 1. The summed E-state index contributed by atoms with van der Waals surface area (Å²) in [6.07, 6.45) is 4.64. The standard InChI is InChI=1S/C9H17NO.C8H8F2O2.C2H6/c1-10-5-4-7-2-3-8(11)6-9(7)10;1-11-6-4-2-3-5-7(6)12-8(9)10;1-2/h7-9,11H,2-6H2,1H3;2-5,8H,1H3;1-2H3. The van der Waals surface area contributed by atoms with Crippen molar-refractivity contribution in [3.05, 3.63) is 24.3 Å². The maximum absolute atomic E-state index is 11.8. The number of aliphatic hydroxyl groups excluding tert-OH is 1. The Bertz CT molecular complexity index is 487. The highest BCUT2D eigenvalue weighted by atomic mass is 19.3. The molecule has 1 heterocycles. The number of alkyl halides is 2. The number of para-hydroxylation sites is 2. The lowest BCUT2D eigenvalue weighted by atomic mass is 9.84. The quantitative estimate of drug-likeness (QED) is 0.879. The fourth-order valence-corrected chi connectivity index (χ4v) is 3.41. The second-order valence-corrected chi connectivity index (χ2v) is 6.09. The minimum atomic E-state index is -2.82. The molecule has 3 unspecified atom stereocenters. The third-order valence-corrected chi connectivity index (χ3v) is 4.63. The molecule has 0 bridgehead atoms. The molecule has 4 nitrogen and oxygen atoms in total. The number of hydrogen-bond donors (Lipinski definition) is 1. The summed E-state index contributed by atoms with van der Waals surface area (Å²) in [6, 6.07) is 6.94. The summed E-state index contributed by atoms with van der Waals surface area (Å²) in [4.78, 5) is 2.41. The Kier molecular flexibility index (Phi) is 9.75. The van der Waals surface area contributed by atoms with Crippen molar-refractivity contribution in [2.75, 3.05) is 20.7 Å². The second-order valence-electron chi connectivity index (χ2n) is 6.09. The molecule has 1 N–H and O–H groups in total. The molecule has 1 saturated heterocycles. The highest BCUT2D eigenvalue weighted by Crippen LogP contribution is 2.35. The SMILES string of the molecule is CC.CN1CCC2CCC(O)CC21.COc1ccccc1OC(F)F. The van der Waals surface area contributed by atoms with Crippen molar-refractivity contribution in [1.82, 2.24) is 4.90 Å². The first-order valence-corrected chi connectivity index (χ1v) is 8.97.